The van der Waals surface area contributed by atoms with E-state index < -0.39 is 5.97 Å². The Bertz CT molecular complexity index is 538. The summed E-state index contributed by atoms with van der Waals surface area (Å²) in [7, 11) is 1.57. The van der Waals surface area contributed by atoms with E-state index in [1.807, 2.05) is 19.1 Å². The number of aryl methyl sites for hydroxylation is 1. The van der Waals surface area contributed by atoms with Crippen molar-refractivity contribution in [2.45, 2.75) is 26.2 Å². The van der Waals surface area contributed by atoms with Gasteiger partial charge in [0.15, 0.2) is 0 Å². The van der Waals surface area contributed by atoms with Gasteiger partial charge in [0.05, 0.1) is 19.2 Å². The summed E-state index contributed by atoms with van der Waals surface area (Å²) in [5, 5.41) is 8.99. The molecule has 1 aromatic rings. The lowest BCUT2D eigenvalue weighted by atomic mass is 9.96. The summed E-state index contributed by atoms with van der Waals surface area (Å²) in [6, 6.07) is 3.69. The van der Waals surface area contributed by atoms with Crippen LogP contribution in [0, 0.1) is 6.92 Å². The van der Waals surface area contributed by atoms with Crippen molar-refractivity contribution < 1.29 is 19.4 Å². The summed E-state index contributed by atoms with van der Waals surface area (Å²) in [5.41, 5.74) is 2.64. The number of methoxy groups -OCH3 is 1. The maximum Gasteiger partial charge on any atom is 0.304 e. The SMILES string of the molecule is COc1cc(C)c2c(c1)C(CC(=O)O)CN2C(C)=O. The second kappa shape index (κ2) is 4.91. The van der Waals surface area contributed by atoms with Crippen molar-refractivity contribution in [1.82, 2.24) is 0 Å². The maximum absolute atomic E-state index is 11.7. The van der Waals surface area contributed by atoms with Crippen LogP contribution in [-0.4, -0.2) is 30.6 Å². The summed E-state index contributed by atoms with van der Waals surface area (Å²) in [5.74, 6) is -0.411. The van der Waals surface area contributed by atoms with Crippen molar-refractivity contribution in [3.63, 3.8) is 0 Å². The van der Waals surface area contributed by atoms with Gasteiger partial charge >= 0.3 is 5.97 Å². The molecule has 1 N–H and O–H groups in total. The number of carboxylic acid groups (broad SMARTS) is 1. The highest BCUT2D eigenvalue weighted by molar-refractivity contribution is 5.95. The Morgan fingerprint density at radius 1 is 1.47 bits per heavy atom. The second-order valence-corrected chi connectivity index (χ2v) is 4.81. The molecule has 1 aromatic carbocycles. The highest BCUT2D eigenvalue weighted by Crippen LogP contribution is 2.42. The van der Waals surface area contributed by atoms with E-state index in [2.05, 4.69) is 0 Å². The molecule has 5 nitrogen and oxygen atoms in total. The van der Waals surface area contributed by atoms with Gasteiger partial charge in [-0.2, -0.15) is 0 Å². The first-order valence-corrected chi connectivity index (χ1v) is 6.12. The number of ether oxygens (including phenoxy) is 1. The summed E-state index contributed by atoms with van der Waals surface area (Å²) < 4.78 is 5.22. The molecule has 1 aliphatic heterocycles. The molecule has 0 aromatic heterocycles. The predicted octanol–water partition coefficient (Wildman–Crippen LogP) is 1.93. The molecule has 1 heterocycles. The van der Waals surface area contributed by atoms with Gasteiger partial charge in [-0.1, -0.05) is 0 Å². The molecule has 0 saturated carbocycles. The van der Waals surface area contributed by atoms with Crippen LogP contribution >= 0.6 is 0 Å². The number of hydrogen-bond acceptors (Lipinski definition) is 3. The second-order valence-electron chi connectivity index (χ2n) is 4.81. The van der Waals surface area contributed by atoms with E-state index in [0.29, 0.717) is 12.3 Å². The Morgan fingerprint density at radius 3 is 2.68 bits per heavy atom. The van der Waals surface area contributed by atoms with Gasteiger partial charge in [0, 0.05) is 19.4 Å². The first kappa shape index (κ1) is 13.4. The topological polar surface area (TPSA) is 66.8 Å². The van der Waals surface area contributed by atoms with Crippen molar-refractivity contribution in [3.8, 4) is 5.75 Å². The number of fused-ring (bicyclic) bond motifs is 1. The molecule has 0 aliphatic carbocycles. The average Bonchev–Trinajstić information content (AvgIpc) is 2.68. The molecular weight excluding hydrogens is 246 g/mol. The fourth-order valence-corrected chi connectivity index (χ4v) is 2.65. The van der Waals surface area contributed by atoms with Gasteiger partial charge in [-0.05, 0) is 30.2 Å². The van der Waals surface area contributed by atoms with Gasteiger partial charge in [-0.15, -0.1) is 0 Å². The average molecular weight is 263 g/mol. The normalized spacial score (nSPS) is 17.2. The number of rotatable bonds is 3. The third kappa shape index (κ3) is 2.41. The number of carbonyl (C=O) groups is 2. The molecule has 5 heteroatoms. The zero-order valence-corrected chi connectivity index (χ0v) is 11.3. The van der Waals surface area contributed by atoms with Gasteiger partial charge in [0.2, 0.25) is 5.91 Å². The highest BCUT2D eigenvalue weighted by atomic mass is 16.5. The van der Waals surface area contributed by atoms with E-state index >= 15 is 0 Å². The number of nitrogens with zero attached hydrogens (tertiary/aromatic N) is 1. The molecule has 1 amide bonds. The fourth-order valence-electron chi connectivity index (χ4n) is 2.65. The standard InChI is InChI=1S/C14H17NO4/c1-8-4-11(19-3)6-12-10(5-13(17)18)7-15(9(2)16)14(8)12/h4,6,10H,5,7H2,1-3H3,(H,17,18). The van der Waals surface area contributed by atoms with Crippen LogP contribution in [-0.2, 0) is 9.59 Å². The quantitative estimate of drug-likeness (QED) is 0.904. The number of aliphatic carboxylic acids is 1. The summed E-state index contributed by atoms with van der Waals surface area (Å²) in [6.07, 6.45) is 0.0172. The molecule has 0 saturated heterocycles. The Morgan fingerprint density at radius 2 is 2.16 bits per heavy atom. The molecular formula is C14H17NO4. The van der Waals surface area contributed by atoms with Gasteiger partial charge < -0.3 is 14.7 Å². The van der Waals surface area contributed by atoms with Gasteiger partial charge in [-0.25, -0.2) is 0 Å². The Kier molecular flexibility index (Phi) is 3.46. The number of amides is 1. The van der Waals surface area contributed by atoms with Crippen LogP contribution in [0.4, 0.5) is 5.69 Å². The largest absolute Gasteiger partial charge is 0.497 e. The van der Waals surface area contributed by atoms with Crippen molar-refractivity contribution in [2.24, 2.45) is 0 Å². The van der Waals surface area contributed by atoms with Crippen LogP contribution in [0.3, 0.4) is 0 Å². The molecule has 0 spiro atoms. The molecule has 102 valence electrons. The first-order valence-electron chi connectivity index (χ1n) is 6.12. The molecule has 0 radical (unpaired) electrons. The minimum Gasteiger partial charge on any atom is -0.497 e. The molecule has 19 heavy (non-hydrogen) atoms. The van der Waals surface area contributed by atoms with Crippen LogP contribution in [0.2, 0.25) is 0 Å². The van der Waals surface area contributed by atoms with Crippen LogP contribution in [0.1, 0.15) is 30.4 Å². The smallest absolute Gasteiger partial charge is 0.304 e. The van der Waals surface area contributed by atoms with Crippen LogP contribution in [0.15, 0.2) is 12.1 Å². The minimum atomic E-state index is -0.859. The highest BCUT2D eigenvalue weighted by Gasteiger charge is 2.33. The lowest BCUT2D eigenvalue weighted by Crippen LogP contribution is -2.28. The monoisotopic (exact) mass is 263 g/mol. The Labute approximate surface area is 111 Å². The minimum absolute atomic E-state index is 0.0172. The summed E-state index contributed by atoms with van der Waals surface area (Å²) in [6.45, 7) is 3.82. The zero-order valence-electron chi connectivity index (χ0n) is 11.3. The first-order chi connectivity index (χ1) is 8.93. The lowest BCUT2D eigenvalue weighted by molar-refractivity contribution is -0.137. The van der Waals surface area contributed by atoms with E-state index in [-0.39, 0.29) is 18.2 Å². The van der Waals surface area contributed by atoms with Crippen molar-refractivity contribution in [1.29, 1.82) is 0 Å². The fraction of sp³-hybridized carbons (Fsp3) is 0.429. The Hall–Kier alpha value is -2.04. The van der Waals surface area contributed by atoms with Crippen molar-refractivity contribution in [3.05, 3.63) is 23.3 Å². The number of anilines is 1. The molecule has 2 rings (SSSR count). The van der Waals surface area contributed by atoms with E-state index in [1.165, 1.54) is 6.92 Å². The third-order valence-electron chi connectivity index (χ3n) is 3.45. The van der Waals surface area contributed by atoms with E-state index in [4.69, 9.17) is 9.84 Å². The Balaban J connectivity index is 2.51. The van der Waals surface area contributed by atoms with Gasteiger partial charge in [-0.3, -0.25) is 9.59 Å². The van der Waals surface area contributed by atoms with Gasteiger partial charge in [0.25, 0.3) is 0 Å². The van der Waals surface area contributed by atoms with Crippen molar-refractivity contribution in [2.75, 3.05) is 18.6 Å². The number of carboxylic acids is 1. The number of hydrogen-bond donors (Lipinski definition) is 1. The number of benzene rings is 1. The van der Waals surface area contributed by atoms with E-state index in [9.17, 15) is 9.59 Å². The molecule has 0 bridgehead atoms. The van der Waals surface area contributed by atoms with Crippen LogP contribution in [0.5, 0.6) is 5.75 Å². The summed E-state index contributed by atoms with van der Waals surface area (Å²) in [4.78, 5) is 24.3. The number of carbonyl (C=O) groups excluding carboxylic acids is 1. The molecule has 0 fully saturated rings. The molecule has 1 unspecified atom stereocenters. The zero-order chi connectivity index (χ0) is 14.2. The van der Waals surface area contributed by atoms with Crippen LogP contribution < -0.4 is 9.64 Å². The summed E-state index contributed by atoms with van der Waals surface area (Å²) >= 11 is 0. The van der Waals surface area contributed by atoms with E-state index in [1.54, 1.807) is 12.0 Å². The van der Waals surface area contributed by atoms with Crippen molar-refractivity contribution >= 4 is 17.6 Å². The lowest BCUT2D eigenvalue weighted by Gasteiger charge is -2.17. The van der Waals surface area contributed by atoms with E-state index in [0.717, 1.165) is 16.8 Å². The molecule has 1 aliphatic rings. The van der Waals surface area contributed by atoms with Gasteiger partial charge in [0.1, 0.15) is 5.75 Å². The van der Waals surface area contributed by atoms with Crippen LogP contribution in [0.25, 0.3) is 0 Å². The predicted molar refractivity (Wildman–Crippen MR) is 70.8 cm³/mol. The third-order valence-corrected chi connectivity index (χ3v) is 3.45. The molecule has 1 atom stereocenters. The maximum atomic E-state index is 11.7.